The molecule has 11 rings (SSSR count). The fraction of sp³-hybridized carbons (Fsp3) is 0.500. The predicted octanol–water partition coefficient (Wildman–Crippen LogP) is 11.9. The highest BCUT2D eigenvalue weighted by molar-refractivity contribution is 9.10. The molecule has 1 N–H and O–H groups in total. The second-order valence-electron chi connectivity index (χ2n) is 22.3. The average Bonchev–Trinajstić information content (AvgIpc) is 4.22. The molecule has 20 heteroatoms. The predicted molar refractivity (Wildman–Crippen MR) is 290 cm³/mol. The van der Waals surface area contributed by atoms with Crippen LogP contribution in [0.15, 0.2) is 104 Å². The first-order chi connectivity index (χ1) is 37.4. The summed E-state index contributed by atoms with van der Waals surface area (Å²) in [5.41, 5.74) is 4.82. The van der Waals surface area contributed by atoms with Gasteiger partial charge in [0.2, 0.25) is 0 Å². The largest absolute Gasteiger partial charge is 0.492 e. The number of carbonyl (C=O) groups excluding carboxylic acids is 3. The van der Waals surface area contributed by atoms with Crippen molar-refractivity contribution in [1.82, 2.24) is 24.5 Å². The number of likely N-dealkylation sites (tertiary alicyclic amines) is 4. The lowest BCUT2D eigenvalue weighted by Gasteiger charge is -2.34. The summed E-state index contributed by atoms with van der Waals surface area (Å²) in [6.45, 7) is 8.17. The van der Waals surface area contributed by atoms with E-state index in [1.807, 2.05) is 0 Å². The number of carbonyl (C=O) groups is 3. The normalized spacial score (nSPS) is 22.3. The van der Waals surface area contributed by atoms with Crippen molar-refractivity contribution in [2.45, 2.75) is 123 Å². The van der Waals surface area contributed by atoms with E-state index in [1.165, 1.54) is 78.5 Å². The van der Waals surface area contributed by atoms with Gasteiger partial charge < -0.3 is 23.5 Å². The van der Waals surface area contributed by atoms with Gasteiger partial charge in [-0.05, 0) is 166 Å². The molecular weight excluding hydrogens is 1130 g/mol. The van der Waals surface area contributed by atoms with Crippen molar-refractivity contribution in [2.24, 2.45) is 11.8 Å². The van der Waals surface area contributed by atoms with Crippen LogP contribution in [0.5, 0.6) is 0 Å². The number of rotatable bonds is 17. The first kappa shape index (κ1) is 55.2. The maximum atomic E-state index is 14.9. The SMILES string of the molecule is O=C(c1coc(C(Cl)(c2cc(Br)cc(C(Cl)(c3cc(C(=O)N4CCCC(c5ccc(CN6CCCC6)cc5)C4)co3)C3CC3)c2S(=O)(=O)NOC(=O)C(F)(F)F)C2CC2)c1)N1CCCC(c2ccc(CN3CCCC3)cc2)C1. The lowest BCUT2D eigenvalue weighted by Crippen LogP contribution is -2.39. The number of hydrogen-bond acceptors (Lipinski definition) is 10. The average molecular weight is 1200 g/mol. The van der Waals surface area contributed by atoms with Crippen molar-refractivity contribution >= 4 is 66.9 Å². The zero-order chi connectivity index (χ0) is 54.6. The van der Waals surface area contributed by atoms with Crippen LogP contribution in [-0.2, 0) is 42.5 Å². The van der Waals surface area contributed by atoms with Crippen molar-refractivity contribution in [1.29, 1.82) is 0 Å². The molecule has 2 aliphatic carbocycles. The summed E-state index contributed by atoms with van der Waals surface area (Å²) in [7, 11) is -5.35. The molecule has 3 aromatic carbocycles. The monoisotopic (exact) mass is 1200 g/mol. The molecule has 2 amide bonds. The molecule has 2 saturated carbocycles. The van der Waals surface area contributed by atoms with Gasteiger partial charge in [-0.25, -0.2) is 13.2 Å². The maximum absolute atomic E-state index is 14.9. The van der Waals surface area contributed by atoms with Gasteiger partial charge in [0, 0.05) is 66.7 Å². The van der Waals surface area contributed by atoms with Gasteiger partial charge in [0.05, 0.1) is 16.0 Å². The van der Waals surface area contributed by atoms with Gasteiger partial charge in [-0.15, -0.1) is 23.2 Å². The van der Waals surface area contributed by atoms with E-state index in [4.69, 9.17) is 32.0 Å². The lowest BCUT2D eigenvalue weighted by molar-refractivity contribution is -0.203. The van der Waals surface area contributed by atoms with Crippen LogP contribution >= 0.6 is 39.1 Å². The number of nitrogens with zero attached hydrogens (tertiary/aromatic N) is 4. The molecule has 416 valence electrons. The Morgan fingerprint density at radius 3 is 1.41 bits per heavy atom. The molecule has 4 atom stereocenters. The van der Waals surface area contributed by atoms with E-state index >= 15 is 0 Å². The Morgan fingerprint density at radius 2 is 1.03 bits per heavy atom. The molecule has 4 aliphatic heterocycles. The first-order valence-electron chi connectivity index (χ1n) is 27.3. The summed E-state index contributed by atoms with van der Waals surface area (Å²) in [6.07, 6.45) is 7.16. The standard InChI is InChI=1S/C58H63BrCl2F3N5O8S/c59-47-29-48(56(60,45-17-18-45)50-27-43(35-75-50)53(70)68-25-5-7-41(33-68)39-13-9-37(10-14-39)31-66-21-1-2-22-66)52(78(73,74)65-77-55(72)58(62,63)64)49(30-47)57(61,46-19-20-46)51-28-44(36-76-51)54(71)69-26-6-8-42(34-69)40-15-11-38(12-16-40)32-67-23-3-4-24-67/h9-16,27-30,35-36,41-42,45-46,65H,1-8,17-26,31-34H2. The van der Waals surface area contributed by atoms with Gasteiger partial charge in [-0.3, -0.25) is 19.4 Å². The number of furan rings is 2. The zero-order valence-corrected chi connectivity index (χ0v) is 47.1. The molecule has 4 saturated heterocycles. The molecule has 0 bridgehead atoms. The van der Waals surface area contributed by atoms with Gasteiger partial charge in [0.15, 0.2) is 0 Å². The van der Waals surface area contributed by atoms with Gasteiger partial charge in [-0.1, -0.05) is 64.5 Å². The summed E-state index contributed by atoms with van der Waals surface area (Å²) in [6, 6.07) is 23.1. The van der Waals surface area contributed by atoms with Crippen LogP contribution in [0.25, 0.3) is 0 Å². The highest BCUT2D eigenvalue weighted by Gasteiger charge is 2.57. The van der Waals surface area contributed by atoms with Crippen LogP contribution in [0, 0.1) is 11.8 Å². The fourth-order valence-electron chi connectivity index (χ4n) is 12.4. The van der Waals surface area contributed by atoms with Crippen molar-refractivity contribution in [2.75, 3.05) is 52.4 Å². The Labute approximate surface area is 471 Å². The number of nitrogens with one attached hydrogen (secondary N) is 1. The second-order valence-corrected chi connectivity index (χ2v) is 26.0. The zero-order valence-electron chi connectivity index (χ0n) is 43.2. The molecule has 5 aromatic rings. The van der Waals surface area contributed by atoms with E-state index in [0.29, 0.717) is 51.9 Å². The highest BCUT2D eigenvalue weighted by Crippen LogP contribution is 2.61. The van der Waals surface area contributed by atoms with Gasteiger partial charge in [-0.2, -0.15) is 13.2 Å². The molecule has 6 heterocycles. The summed E-state index contributed by atoms with van der Waals surface area (Å²) >= 11 is 19.2. The van der Waals surface area contributed by atoms with Crippen molar-refractivity contribution in [3.8, 4) is 0 Å². The van der Waals surface area contributed by atoms with E-state index in [2.05, 4.69) is 79.1 Å². The van der Waals surface area contributed by atoms with Crippen molar-refractivity contribution in [3.63, 3.8) is 0 Å². The lowest BCUT2D eigenvalue weighted by atomic mass is 9.84. The Hall–Kier alpha value is -4.69. The minimum Gasteiger partial charge on any atom is -0.466 e. The minimum atomic E-state index is -5.56. The van der Waals surface area contributed by atoms with Crippen LogP contribution in [0.3, 0.4) is 0 Å². The van der Waals surface area contributed by atoms with Crippen LogP contribution in [-0.4, -0.2) is 104 Å². The highest BCUT2D eigenvalue weighted by atomic mass is 79.9. The van der Waals surface area contributed by atoms with E-state index in [9.17, 15) is 36.0 Å². The second kappa shape index (κ2) is 22.3. The van der Waals surface area contributed by atoms with E-state index in [-0.39, 0.29) is 61.9 Å². The Morgan fingerprint density at radius 1 is 0.615 bits per heavy atom. The Balaban J connectivity index is 0.897. The molecule has 78 heavy (non-hydrogen) atoms. The molecule has 6 fully saturated rings. The number of halogens is 6. The van der Waals surface area contributed by atoms with Crippen molar-refractivity contribution < 1.29 is 49.6 Å². The third-order valence-electron chi connectivity index (χ3n) is 16.8. The number of alkyl halides is 5. The van der Waals surface area contributed by atoms with Crippen LogP contribution in [0.1, 0.15) is 155 Å². The van der Waals surface area contributed by atoms with Gasteiger partial charge in [0.25, 0.3) is 21.8 Å². The summed E-state index contributed by atoms with van der Waals surface area (Å²) in [5.74, 6) is -4.21. The Kier molecular flexibility index (Phi) is 15.8. The van der Waals surface area contributed by atoms with E-state index in [0.717, 1.165) is 76.1 Å². The number of sulfonamides is 1. The number of hydrogen-bond donors (Lipinski definition) is 1. The number of amides is 2. The quantitative estimate of drug-likeness (QED) is 0.0705. The fourth-order valence-corrected chi connectivity index (χ4v) is 15.2. The first-order valence-corrected chi connectivity index (χ1v) is 30.3. The molecule has 0 radical (unpaired) electrons. The van der Waals surface area contributed by atoms with Crippen molar-refractivity contribution in [3.05, 3.63) is 146 Å². The van der Waals surface area contributed by atoms with E-state index in [1.54, 1.807) is 9.80 Å². The Bertz CT molecular complexity index is 2960. The molecule has 0 spiro atoms. The topological polar surface area (TPSA) is 146 Å². The van der Waals surface area contributed by atoms with Crippen LogP contribution in [0.4, 0.5) is 13.2 Å². The molecular formula is C58H63BrCl2F3N5O8S. The van der Waals surface area contributed by atoms with E-state index < -0.39 is 48.6 Å². The smallest absolute Gasteiger partial charge is 0.466 e. The molecule has 13 nitrogen and oxygen atoms in total. The number of benzene rings is 3. The van der Waals surface area contributed by atoms with Gasteiger partial charge >= 0.3 is 12.1 Å². The third-order valence-corrected chi connectivity index (χ3v) is 19.9. The number of piperidine rings is 2. The molecule has 6 aliphatic rings. The molecule has 4 unspecified atom stereocenters. The van der Waals surface area contributed by atoms with Crippen LogP contribution < -0.4 is 4.89 Å². The van der Waals surface area contributed by atoms with Gasteiger partial charge in [0.1, 0.15) is 33.8 Å². The minimum absolute atomic E-state index is 0.0142. The third kappa shape index (κ3) is 11.5. The summed E-state index contributed by atoms with van der Waals surface area (Å²) in [4.78, 5) is 50.7. The summed E-state index contributed by atoms with van der Waals surface area (Å²) < 4.78 is 83.4. The van der Waals surface area contributed by atoms with Crippen LogP contribution in [0.2, 0.25) is 0 Å². The molecule has 2 aromatic heterocycles. The summed E-state index contributed by atoms with van der Waals surface area (Å²) in [5, 5.41) is 0. The maximum Gasteiger partial charge on any atom is 0.492 e.